The average Bonchev–Trinajstić information content (AvgIpc) is 2.59. The minimum absolute atomic E-state index is 0.161. The third-order valence-corrected chi connectivity index (χ3v) is 3.52. The molecule has 4 nitrogen and oxygen atoms in total. The van der Waals surface area contributed by atoms with Crippen LogP contribution in [0.4, 0.5) is 0 Å². The number of aryl methyl sites for hydroxylation is 1. The Labute approximate surface area is 136 Å². The quantitative estimate of drug-likeness (QED) is 0.806. The van der Waals surface area contributed by atoms with Crippen molar-refractivity contribution in [2.45, 2.75) is 13.5 Å². The highest BCUT2D eigenvalue weighted by molar-refractivity contribution is 5.97. The normalized spacial score (nSPS) is 9.96. The minimum Gasteiger partial charge on any atom is -0.349 e. The maximum Gasteiger partial charge on any atom is 0.251 e. The summed E-state index contributed by atoms with van der Waals surface area (Å²) in [5, 5.41) is 5.58. The highest BCUT2D eigenvalue weighted by Crippen LogP contribution is 2.08. The number of carbonyl (C=O) groups is 2. The fraction of sp³-hybridized carbons (Fsp3) is 0.158. The van der Waals surface area contributed by atoms with Crippen molar-refractivity contribution in [3.63, 3.8) is 0 Å². The van der Waals surface area contributed by atoms with Gasteiger partial charge < -0.3 is 10.6 Å². The van der Waals surface area contributed by atoms with Crippen LogP contribution in [0.25, 0.3) is 0 Å². The lowest BCUT2D eigenvalue weighted by Crippen LogP contribution is -2.24. The first-order valence-corrected chi connectivity index (χ1v) is 7.43. The van der Waals surface area contributed by atoms with Crippen molar-refractivity contribution in [1.29, 1.82) is 0 Å². The van der Waals surface area contributed by atoms with E-state index in [0.29, 0.717) is 24.2 Å². The largest absolute Gasteiger partial charge is 0.349 e. The lowest BCUT2D eigenvalue weighted by Gasteiger charge is -2.08. The number of hydrogen-bond acceptors (Lipinski definition) is 2. The van der Waals surface area contributed by atoms with Gasteiger partial charge in [0.15, 0.2) is 0 Å². The standard InChI is InChI=1S/C19H20N2O2/c1-3-12-20-18(22)15-8-10-16(11-9-15)19(23)21-13-17-7-5-4-6-14(17)2/h3-11H,1,12-13H2,2H3,(H,20,22)(H,21,23). The maximum absolute atomic E-state index is 12.2. The second-order valence-corrected chi connectivity index (χ2v) is 5.19. The topological polar surface area (TPSA) is 58.2 Å². The van der Waals surface area contributed by atoms with Gasteiger partial charge in [-0.1, -0.05) is 30.3 Å². The van der Waals surface area contributed by atoms with Gasteiger partial charge in [0.2, 0.25) is 0 Å². The van der Waals surface area contributed by atoms with E-state index in [0.717, 1.165) is 11.1 Å². The Kier molecular flexibility index (Phi) is 5.69. The predicted octanol–water partition coefficient (Wildman–Crippen LogP) is 2.84. The van der Waals surface area contributed by atoms with E-state index in [1.165, 1.54) is 0 Å². The van der Waals surface area contributed by atoms with Crippen molar-refractivity contribution in [2.75, 3.05) is 6.54 Å². The molecule has 0 aliphatic heterocycles. The first kappa shape index (κ1) is 16.5. The van der Waals surface area contributed by atoms with Crippen molar-refractivity contribution in [1.82, 2.24) is 10.6 Å². The van der Waals surface area contributed by atoms with Crippen molar-refractivity contribution in [2.24, 2.45) is 0 Å². The molecule has 23 heavy (non-hydrogen) atoms. The smallest absolute Gasteiger partial charge is 0.251 e. The Morgan fingerprint density at radius 1 is 0.957 bits per heavy atom. The monoisotopic (exact) mass is 308 g/mol. The van der Waals surface area contributed by atoms with Crippen LogP contribution in [-0.4, -0.2) is 18.4 Å². The molecule has 118 valence electrons. The van der Waals surface area contributed by atoms with Gasteiger partial charge >= 0.3 is 0 Å². The molecule has 0 aromatic heterocycles. The molecule has 0 aliphatic rings. The van der Waals surface area contributed by atoms with Gasteiger partial charge in [0.05, 0.1) is 0 Å². The van der Waals surface area contributed by atoms with E-state index in [1.807, 2.05) is 31.2 Å². The average molecular weight is 308 g/mol. The third kappa shape index (κ3) is 4.54. The minimum atomic E-state index is -0.184. The molecule has 2 aromatic carbocycles. The van der Waals surface area contributed by atoms with E-state index in [4.69, 9.17) is 0 Å². The summed E-state index contributed by atoms with van der Waals surface area (Å²) >= 11 is 0. The van der Waals surface area contributed by atoms with Crippen LogP contribution in [0, 0.1) is 6.92 Å². The lowest BCUT2D eigenvalue weighted by atomic mass is 10.1. The van der Waals surface area contributed by atoms with E-state index in [1.54, 1.807) is 30.3 Å². The fourth-order valence-corrected chi connectivity index (χ4v) is 2.13. The van der Waals surface area contributed by atoms with Crippen LogP contribution < -0.4 is 10.6 Å². The molecular weight excluding hydrogens is 288 g/mol. The van der Waals surface area contributed by atoms with Gasteiger partial charge in [-0.25, -0.2) is 0 Å². The fourth-order valence-electron chi connectivity index (χ4n) is 2.13. The van der Waals surface area contributed by atoms with E-state index < -0.39 is 0 Å². The Hall–Kier alpha value is -2.88. The summed E-state index contributed by atoms with van der Waals surface area (Å²) in [6.07, 6.45) is 1.62. The second kappa shape index (κ2) is 7.94. The number of rotatable bonds is 6. The molecule has 2 amide bonds. The summed E-state index contributed by atoms with van der Waals surface area (Å²) in [6.45, 7) is 6.45. The molecule has 2 aromatic rings. The molecule has 0 unspecified atom stereocenters. The van der Waals surface area contributed by atoms with Gasteiger partial charge in [0.25, 0.3) is 11.8 Å². The molecule has 0 saturated carbocycles. The highest BCUT2D eigenvalue weighted by atomic mass is 16.2. The predicted molar refractivity (Wildman–Crippen MR) is 91.3 cm³/mol. The van der Waals surface area contributed by atoms with Crippen molar-refractivity contribution in [3.8, 4) is 0 Å². The van der Waals surface area contributed by atoms with Crippen LogP contribution in [0.1, 0.15) is 31.8 Å². The summed E-state index contributed by atoms with van der Waals surface area (Å²) in [7, 11) is 0. The second-order valence-electron chi connectivity index (χ2n) is 5.19. The lowest BCUT2D eigenvalue weighted by molar-refractivity contribution is 0.0942. The van der Waals surface area contributed by atoms with E-state index in [-0.39, 0.29) is 11.8 Å². The Morgan fingerprint density at radius 2 is 1.52 bits per heavy atom. The Morgan fingerprint density at radius 3 is 2.09 bits per heavy atom. The zero-order valence-electron chi connectivity index (χ0n) is 13.1. The molecular formula is C19H20N2O2. The van der Waals surface area contributed by atoms with E-state index >= 15 is 0 Å². The summed E-state index contributed by atoms with van der Waals surface area (Å²) in [4.78, 5) is 23.9. The van der Waals surface area contributed by atoms with E-state index in [9.17, 15) is 9.59 Å². The van der Waals surface area contributed by atoms with Gasteiger partial charge in [-0.3, -0.25) is 9.59 Å². The van der Waals surface area contributed by atoms with Gasteiger partial charge in [-0.15, -0.1) is 6.58 Å². The van der Waals surface area contributed by atoms with Gasteiger partial charge in [0, 0.05) is 24.2 Å². The molecule has 0 heterocycles. The molecule has 0 radical (unpaired) electrons. The highest BCUT2D eigenvalue weighted by Gasteiger charge is 2.08. The number of amides is 2. The van der Waals surface area contributed by atoms with Gasteiger partial charge in [-0.05, 0) is 42.3 Å². The summed E-state index contributed by atoms with van der Waals surface area (Å²) < 4.78 is 0. The number of benzene rings is 2. The van der Waals surface area contributed by atoms with Gasteiger partial charge in [-0.2, -0.15) is 0 Å². The molecule has 2 N–H and O–H groups in total. The van der Waals surface area contributed by atoms with Crippen LogP contribution in [0.5, 0.6) is 0 Å². The summed E-state index contributed by atoms with van der Waals surface area (Å²) in [6, 6.07) is 14.5. The maximum atomic E-state index is 12.2. The van der Waals surface area contributed by atoms with Crippen LogP contribution in [0.15, 0.2) is 61.2 Å². The van der Waals surface area contributed by atoms with Crippen LogP contribution in [0.3, 0.4) is 0 Å². The third-order valence-electron chi connectivity index (χ3n) is 3.52. The first-order valence-electron chi connectivity index (χ1n) is 7.43. The zero-order valence-corrected chi connectivity index (χ0v) is 13.1. The van der Waals surface area contributed by atoms with Crippen molar-refractivity contribution < 1.29 is 9.59 Å². The van der Waals surface area contributed by atoms with Crippen LogP contribution >= 0.6 is 0 Å². The molecule has 2 rings (SSSR count). The van der Waals surface area contributed by atoms with Crippen LogP contribution in [-0.2, 0) is 6.54 Å². The molecule has 4 heteroatoms. The SMILES string of the molecule is C=CCNC(=O)c1ccc(C(=O)NCc2ccccc2C)cc1. The summed E-state index contributed by atoms with van der Waals surface area (Å²) in [5.41, 5.74) is 3.27. The van der Waals surface area contributed by atoms with Crippen molar-refractivity contribution >= 4 is 11.8 Å². The number of hydrogen-bond donors (Lipinski definition) is 2. The molecule has 0 bridgehead atoms. The van der Waals surface area contributed by atoms with Crippen molar-refractivity contribution in [3.05, 3.63) is 83.4 Å². The first-order chi connectivity index (χ1) is 11.1. The molecule has 0 fully saturated rings. The molecule has 0 aliphatic carbocycles. The number of carbonyl (C=O) groups excluding carboxylic acids is 2. The van der Waals surface area contributed by atoms with Gasteiger partial charge in [0.1, 0.15) is 0 Å². The van der Waals surface area contributed by atoms with Crippen LogP contribution in [0.2, 0.25) is 0 Å². The summed E-state index contributed by atoms with van der Waals surface area (Å²) in [5.74, 6) is -0.344. The molecule has 0 spiro atoms. The Bertz CT molecular complexity index is 706. The zero-order chi connectivity index (χ0) is 16.7. The molecule has 0 saturated heterocycles. The molecule has 0 atom stereocenters. The number of nitrogens with one attached hydrogen (secondary N) is 2. The Balaban J connectivity index is 1.96. The van der Waals surface area contributed by atoms with E-state index in [2.05, 4.69) is 17.2 Å².